The summed E-state index contributed by atoms with van der Waals surface area (Å²) in [7, 11) is 0. The molecule has 1 aromatic rings. The van der Waals surface area contributed by atoms with Crippen LogP contribution in [0.5, 0.6) is 0 Å². The number of hydrogen-bond acceptors (Lipinski definition) is 2. The van der Waals surface area contributed by atoms with Gasteiger partial charge in [-0.2, -0.15) is 0 Å². The van der Waals surface area contributed by atoms with Crippen LogP contribution in [0.1, 0.15) is 75.8 Å². The van der Waals surface area contributed by atoms with E-state index in [-0.39, 0.29) is 12.5 Å². The highest BCUT2D eigenvalue weighted by atomic mass is 32.1. The fourth-order valence-corrected chi connectivity index (χ4v) is 4.98. The number of nitrogens with zero attached hydrogens (tertiary/aromatic N) is 1. The quantitative estimate of drug-likeness (QED) is 0.661. The number of benzene rings is 1. The molecule has 0 saturated heterocycles. The van der Waals surface area contributed by atoms with Gasteiger partial charge in [-0.05, 0) is 56.3 Å². The topological polar surface area (TPSA) is 44.4 Å². The van der Waals surface area contributed by atoms with Gasteiger partial charge >= 0.3 is 0 Å². The van der Waals surface area contributed by atoms with E-state index in [0.29, 0.717) is 23.1 Å². The summed E-state index contributed by atoms with van der Waals surface area (Å²) < 4.78 is 0. The highest BCUT2D eigenvalue weighted by Gasteiger charge is 2.25. The van der Waals surface area contributed by atoms with Crippen molar-refractivity contribution in [3.05, 3.63) is 35.4 Å². The van der Waals surface area contributed by atoms with Crippen molar-refractivity contribution in [2.45, 2.75) is 90.3 Å². The lowest BCUT2D eigenvalue weighted by Gasteiger charge is -2.36. The first-order valence-electron chi connectivity index (χ1n) is 11.4. The molecule has 29 heavy (non-hydrogen) atoms. The molecule has 0 radical (unpaired) electrons. The van der Waals surface area contributed by atoms with E-state index in [4.69, 9.17) is 12.2 Å². The standard InChI is InChI=1S/C24H37N3OS/c1-18-12-14-20(15-13-18)17-27(21-9-4-3-5-10-21)24(29)25-16-23(28)26-22-11-7-6-8-19(22)2/h12-15,19,21-22H,3-11,16-17H2,1-2H3,(H,25,29)(H,26,28)/t19-,22+/m0/s1. The van der Waals surface area contributed by atoms with E-state index in [2.05, 4.69) is 53.6 Å². The van der Waals surface area contributed by atoms with Crippen molar-refractivity contribution in [2.24, 2.45) is 5.92 Å². The minimum absolute atomic E-state index is 0.0602. The molecule has 0 heterocycles. The zero-order valence-corrected chi connectivity index (χ0v) is 18.9. The summed E-state index contributed by atoms with van der Waals surface area (Å²) in [4.78, 5) is 14.8. The van der Waals surface area contributed by atoms with Crippen LogP contribution in [0.3, 0.4) is 0 Å². The molecule has 2 saturated carbocycles. The summed E-state index contributed by atoms with van der Waals surface area (Å²) in [5, 5.41) is 7.19. The smallest absolute Gasteiger partial charge is 0.239 e. The molecule has 1 amide bonds. The zero-order valence-electron chi connectivity index (χ0n) is 18.1. The molecule has 1 aromatic carbocycles. The van der Waals surface area contributed by atoms with E-state index in [1.54, 1.807) is 0 Å². The zero-order chi connectivity index (χ0) is 20.6. The fraction of sp³-hybridized carbons (Fsp3) is 0.667. The van der Waals surface area contributed by atoms with Crippen molar-refractivity contribution in [3.63, 3.8) is 0 Å². The molecular weight excluding hydrogens is 378 g/mol. The van der Waals surface area contributed by atoms with Gasteiger partial charge in [0, 0.05) is 18.6 Å². The molecule has 0 aliphatic heterocycles. The van der Waals surface area contributed by atoms with Crippen LogP contribution in [0.25, 0.3) is 0 Å². The maximum Gasteiger partial charge on any atom is 0.239 e. The first-order chi connectivity index (χ1) is 14.0. The average Bonchev–Trinajstić information content (AvgIpc) is 2.74. The molecule has 2 atom stereocenters. The third kappa shape index (κ3) is 6.70. The number of nitrogens with one attached hydrogen (secondary N) is 2. The summed E-state index contributed by atoms with van der Waals surface area (Å²) in [6, 6.07) is 9.46. The Hall–Kier alpha value is -1.62. The second-order valence-electron chi connectivity index (χ2n) is 9.00. The summed E-state index contributed by atoms with van der Waals surface area (Å²) in [5.41, 5.74) is 2.54. The molecule has 160 valence electrons. The Kier molecular flexibility index (Phi) is 8.34. The van der Waals surface area contributed by atoms with Crippen molar-refractivity contribution in [1.82, 2.24) is 15.5 Å². The molecule has 0 spiro atoms. The molecule has 0 aromatic heterocycles. The SMILES string of the molecule is Cc1ccc(CN(C(=S)NCC(=O)N[C@@H]2CCCC[C@@H]2C)C2CCCCC2)cc1. The van der Waals surface area contributed by atoms with Gasteiger partial charge in [-0.15, -0.1) is 0 Å². The lowest BCUT2D eigenvalue weighted by Crippen LogP contribution is -2.50. The Morgan fingerprint density at radius 2 is 1.69 bits per heavy atom. The molecule has 2 aliphatic carbocycles. The Balaban J connectivity index is 1.56. The predicted molar refractivity (Wildman–Crippen MR) is 124 cm³/mol. The van der Waals surface area contributed by atoms with Crippen molar-refractivity contribution in [2.75, 3.05) is 6.54 Å². The normalized spacial score (nSPS) is 22.7. The summed E-state index contributed by atoms with van der Waals surface area (Å²) in [6.07, 6.45) is 11.0. The van der Waals surface area contributed by atoms with E-state index < -0.39 is 0 Å². The van der Waals surface area contributed by atoms with Crippen molar-refractivity contribution in [1.29, 1.82) is 0 Å². The highest BCUT2D eigenvalue weighted by molar-refractivity contribution is 7.80. The van der Waals surface area contributed by atoms with E-state index in [0.717, 1.165) is 13.0 Å². The average molecular weight is 416 g/mol. The maximum absolute atomic E-state index is 12.5. The number of carbonyl (C=O) groups excluding carboxylic acids is 1. The van der Waals surface area contributed by atoms with Gasteiger partial charge in [0.05, 0.1) is 6.54 Å². The molecule has 2 fully saturated rings. The summed E-state index contributed by atoms with van der Waals surface area (Å²) in [5.74, 6) is 0.630. The molecule has 5 heteroatoms. The molecular formula is C24H37N3OS. The molecule has 2 N–H and O–H groups in total. The predicted octanol–water partition coefficient (Wildman–Crippen LogP) is 4.70. The van der Waals surface area contributed by atoms with Gasteiger partial charge in [-0.3, -0.25) is 4.79 Å². The Bertz CT molecular complexity index is 669. The van der Waals surface area contributed by atoms with Crippen LogP contribution in [0.4, 0.5) is 0 Å². The van der Waals surface area contributed by atoms with E-state index >= 15 is 0 Å². The van der Waals surface area contributed by atoms with Gasteiger partial charge in [-0.25, -0.2) is 0 Å². The summed E-state index contributed by atoms with van der Waals surface area (Å²) in [6.45, 7) is 5.42. The van der Waals surface area contributed by atoms with Gasteiger partial charge < -0.3 is 15.5 Å². The minimum Gasteiger partial charge on any atom is -0.353 e. The van der Waals surface area contributed by atoms with E-state index in [1.807, 2.05) is 0 Å². The van der Waals surface area contributed by atoms with Gasteiger partial charge in [0.2, 0.25) is 5.91 Å². The van der Waals surface area contributed by atoms with E-state index in [1.165, 1.54) is 62.5 Å². The summed E-state index contributed by atoms with van der Waals surface area (Å²) >= 11 is 5.76. The molecule has 4 nitrogen and oxygen atoms in total. The third-order valence-corrected chi connectivity index (χ3v) is 6.99. The maximum atomic E-state index is 12.5. The molecule has 3 rings (SSSR count). The van der Waals surface area contributed by atoms with Crippen LogP contribution in [-0.2, 0) is 11.3 Å². The van der Waals surface area contributed by atoms with Crippen molar-refractivity contribution < 1.29 is 4.79 Å². The Labute approximate surface area is 181 Å². The monoisotopic (exact) mass is 415 g/mol. The first kappa shape index (κ1) is 22.1. The number of aryl methyl sites for hydroxylation is 1. The number of carbonyl (C=O) groups is 1. The van der Waals surface area contributed by atoms with Crippen LogP contribution in [0, 0.1) is 12.8 Å². The Morgan fingerprint density at radius 1 is 1.03 bits per heavy atom. The van der Waals surface area contributed by atoms with Crippen LogP contribution < -0.4 is 10.6 Å². The Morgan fingerprint density at radius 3 is 2.38 bits per heavy atom. The molecule has 0 bridgehead atoms. The third-order valence-electron chi connectivity index (χ3n) is 6.61. The first-order valence-corrected chi connectivity index (χ1v) is 11.8. The van der Waals surface area contributed by atoms with Crippen molar-refractivity contribution >= 4 is 23.2 Å². The highest BCUT2D eigenvalue weighted by Crippen LogP contribution is 2.25. The second kappa shape index (κ2) is 11.0. The van der Waals surface area contributed by atoms with Gasteiger partial charge in [0.15, 0.2) is 5.11 Å². The fourth-order valence-electron chi connectivity index (χ4n) is 4.70. The largest absolute Gasteiger partial charge is 0.353 e. The van der Waals surface area contributed by atoms with Crippen LogP contribution in [0.15, 0.2) is 24.3 Å². The lowest BCUT2D eigenvalue weighted by atomic mass is 9.86. The number of thiocarbonyl (C=S) groups is 1. The van der Waals surface area contributed by atoms with Crippen LogP contribution in [0.2, 0.25) is 0 Å². The number of amides is 1. The van der Waals surface area contributed by atoms with Gasteiger partial charge in [0.1, 0.15) is 0 Å². The number of hydrogen-bond donors (Lipinski definition) is 2. The van der Waals surface area contributed by atoms with Crippen LogP contribution >= 0.6 is 12.2 Å². The van der Waals surface area contributed by atoms with Crippen LogP contribution in [-0.4, -0.2) is 34.5 Å². The lowest BCUT2D eigenvalue weighted by molar-refractivity contribution is -0.121. The van der Waals surface area contributed by atoms with Gasteiger partial charge in [-0.1, -0.05) is 68.9 Å². The minimum atomic E-state index is 0.0602. The molecule has 0 unspecified atom stereocenters. The van der Waals surface area contributed by atoms with Crippen molar-refractivity contribution in [3.8, 4) is 0 Å². The molecule has 2 aliphatic rings. The second-order valence-corrected chi connectivity index (χ2v) is 9.39. The van der Waals surface area contributed by atoms with E-state index in [9.17, 15) is 4.79 Å². The van der Waals surface area contributed by atoms with Gasteiger partial charge in [0.25, 0.3) is 0 Å². The number of rotatable bonds is 6.